The van der Waals surface area contributed by atoms with Crippen molar-refractivity contribution in [2.24, 2.45) is 0 Å². The molecule has 2 aliphatic heterocycles. The molecule has 17 heavy (non-hydrogen) atoms. The van der Waals surface area contributed by atoms with E-state index in [1.165, 1.54) is 4.90 Å². The summed E-state index contributed by atoms with van der Waals surface area (Å²) in [5.74, 6) is 0.0104. The first-order valence-electron chi connectivity index (χ1n) is 6.07. The van der Waals surface area contributed by atoms with Crippen LogP contribution < -0.4 is 4.90 Å². The number of nitrogens with one attached hydrogen (secondary N) is 1. The Morgan fingerprint density at radius 1 is 1.41 bits per heavy atom. The molecule has 6 nitrogen and oxygen atoms in total. The van der Waals surface area contributed by atoms with E-state index in [4.69, 9.17) is 4.74 Å². The average molecular weight is 263 g/mol. The third kappa shape index (κ3) is 3.78. The van der Waals surface area contributed by atoms with Gasteiger partial charge in [-0.3, -0.25) is 9.36 Å². The molecule has 1 amide bonds. The van der Waals surface area contributed by atoms with Gasteiger partial charge >= 0.3 is 0 Å². The molecule has 0 radical (unpaired) electrons. The minimum Gasteiger partial charge on any atom is -0.370 e. The highest BCUT2D eigenvalue weighted by atomic mass is 31.2. The lowest BCUT2D eigenvalue weighted by molar-refractivity contribution is -0.897. The van der Waals surface area contributed by atoms with Crippen LogP contribution in [-0.2, 0) is 14.1 Å². The Balaban J connectivity index is 1.84. The molecular formula is C10H20N2O4P+. The van der Waals surface area contributed by atoms with E-state index >= 15 is 0 Å². The van der Waals surface area contributed by atoms with Gasteiger partial charge in [-0.05, 0) is 6.42 Å². The number of hydrogen-bond donors (Lipinski definition) is 2. The zero-order valence-electron chi connectivity index (χ0n) is 9.93. The first-order valence-corrected chi connectivity index (χ1v) is 8.10. The van der Waals surface area contributed by atoms with Crippen molar-refractivity contribution in [1.82, 2.24) is 4.90 Å². The quantitative estimate of drug-likeness (QED) is 0.619. The highest BCUT2D eigenvalue weighted by Crippen LogP contribution is 2.39. The standard InChI is InChI=1S/C10H19N2O4P/c13-10-2-1-3-12(10)9-17(14,15)8-11-4-6-16-7-5-11/h1-9H2,(H,14,15)/p+1. The molecule has 0 aliphatic carbocycles. The predicted octanol–water partition coefficient (Wildman–Crippen LogP) is -1.29. The van der Waals surface area contributed by atoms with Gasteiger partial charge in [0.05, 0.1) is 13.2 Å². The van der Waals surface area contributed by atoms with Crippen molar-refractivity contribution in [3.8, 4) is 0 Å². The number of likely N-dealkylation sites (tertiary alicyclic amines) is 1. The van der Waals surface area contributed by atoms with Crippen LogP contribution in [0.3, 0.4) is 0 Å². The van der Waals surface area contributed by atoms with E-state index in [1.54, 1.807) is 0 Å². The first-order chi connectivity index (χ1) is 8.07. The number of ether oxygens (including phenoxy) is 1. The van der Waals surface area contributed by atoms with Crippen LogP contribution in [0.2, 0.25) is 0 Å². The van der Waals surface area contributed by atoms with E-state index < -0.39 is 7.37 Å². The Morgan fingerprint density at radius 2 is 2.12 bits per heavy atom. The second-order valence-corrected chi connectivity index (χ2v) is 7.06. The average Bonchev–Trinajstić information content (AvgIpc) is 2.64. The number of carbonyl (C=O) groups excluding carboxylic acids is 1. The highest BCUT2D eigenvalue weighted by molar-refractivity contribution is 7.57. The zero-order valence-corrected chi connectivity index (χ0v) is 10.8. The Kier molecular flexibility index (Phi) is 4.20. The second-order valence-electron chi connectivity index (χ2n) is 4.77. The molecule has 2 fully saturated rings. The minimum absolute atomic E-state index is 0.0104. The molecule has 98 valence electrons. The maximum Gasteiger partial charge on any atom is 0.271 e. The number of morpholine rings is 1. The fraction of sp³-hybridized carbons (Fsp3) is 0.900. The second kappa shape index (κ2) is 5.48. The molecule has 0 bridgehead atoms. The molecule has 0 aromatic rings. The van der Waals surface area contributed by atoms with Crippen molar-refractivity contribution in [3.63, 3.8) is 0 Å². The molecule has 1 atom stereocenters. The molecule has 2 saturated heterocycles. The lowest BCUT2D eigenvalue weighted by Gasteiger charge is -2.27. The first kappa shape index (κ1) is 13.0. The number of hydrogen-bond acceptors (Lipinski definition) is 3. The Labute approximate surface area is 101 Å². The van der Waals surface area contributed by atoms with E-state index in [1.807, 2.05) is 0 Å². The van der Waals surface area contributed by atoms with Crippen LogP contribution >= 0.6 is 7.37 Å². The molecule has 0 aromatic heterocycles. The van der Waals surface area contributed by atoms with E-state index in [-0.39, 0.29) is 18.5 Å². The van der Waals surface area contributed by atoms with Crippen molar-refractivity contribution >= 4 is 13.3 Å². The van der Waals surface area contributed by atoms with Crippen molar-refractivity contribution in [2.45, 2.75) is 12.8 Å². The summed E-state index contributed by atoms with van der Waals surface area (Å²) in [6, 6.07) is 0. The maximum absolute atomic E-state index is 12.1. The van der Waals surface area contributed by atoms with E-state index in [9.17, 15) is 14.3 Å². The molecule has 2 aliphatic rings. The molecule has 0 aromatic carbocycles. The summed E-state index contributed by atoms with van der Waals surface area (Å²) in [4.78, 5) is 24.0. The summed E-state index contributed by atoms with van der Waals surface area (Å²) in [6.07, 6.45) is 1.60. The Morgan fingerprint density at radius 3 is 2.71 bits per heavy atom. The smallest absolute Gasteiger partial charge is 0.271 e. The molecule has 2 N–H and O–H groups in total. The monoisotopic (exact) mass is 263 g/mol. The molecule has 7 heteroatoms. The lowest BCUT2D eigenvalue weighted by Crippen LogP contribution is -3.13. The van der Waals surface area contributed by atoms with Crippen LogP contribution in [0.4, 0.5) is 0 Å². The largest absolute Gasteiger partial charge is 0.370 e. The summed E-state index contributed by atoms with van der Waals surface area (Å²) in [5.41, 5.74) is 0. The number of nitrogens with zero attached hydrogens (tertiary/aromatic N) is 1. The van der Waals surface area contributed by atoms with Gasteiger partial charge in [0.1, 0.15) is 19.4 Å². The fourth-order valence-electron chi connectivity index (χ4n) is 2.34. The molecule has 0 saturated carbocycles. The van der Waals surface area contributed by atoms with Gasteiger partial charge < -0.3 is 19.4 Å². The number of rotatable bonds is 4. The fourth-order valence-corrected chi connectivity index (χ4v) is 4.29. The van der Waals surface area contributed by atoms with Gasteiger partial charge in [-0.1, -0.05) is 0 Å². The summed E-state index contributed by atoms with van der Waals surface area (Å²) >= 11 is 0. The Bertz CT molecular complexity index is 330. The van der Waals surface area contributed by atoms with Crippen LogP contribution in [0.15, 0.2) is 0 Å². The molecular weight excluding hydrogens is 243 g/mol. The Hall–Kier alpha value is -0.420. The summed E-state index contributed by atoms with van der Waals surface area (Å²) in [6.45, 7) is 3.48. The van der Waals surface area contributed by atoms with E-state index in [0.717, 1.165) is 24.4 Å². The molecule has 2 heterocycles. The van der Waals surface area contributed by atoms with Crippen molar-refractivity contribution in [1.29, 1.82) is 0 Å². The predicted molar refractivity (Wildman–Crippen MR) is 62.0 cm³/mol. The van der Waals surface area contributed by atoms with Crippen LogP contribution in [0.5, 0.6) is 0 Å². The van der Waals surface area contributed by atoms with Crippen molar-refractivity contribution in [3.05, 3.63) is 0 Å². The third-order valence-corrected chi connectivity index (χ3v) is 4.96. The summed E-state index contributed by atoms with van der Waals surface area (Å²) in [5, 5.41) is 0. The van der Waals surface area contributed by atoms with Crippen molar-refractivity contribution < 1.29 is 23.9 Å². The number of amides is 1. The van der Waals surface area contributed by atoms with Crippen LogP contribution in [0.1, 0.15) is 12.8 Å². The van der Waals surface area contributed by atoms with Gasteiger partial charge in [0.15, 0.2) is 6.29 Å². The van der Waals surface area contributed by atoms with Crippen LogP contribution in [0, 0.1) is 0 Å². The lowest BCUT2D eigenvalue weighted by atomic mass is 10.4. The third-order valence-electron chi connectivity index (χ3n) is 3.23. The van der Waals surface area contributed by atoms with Crippen molar-refractivity contribution in [2.75, 3.05) is 45.4 Å². The molecule has 2 rings (SSSR count). The van der Waals surface area contributed by atoms with Crippen LogP contribution in [-0.4, -0.2) is 61.1 Å². The molecule has 0 spiro atoms. The van der Waals surface area contributed by atoms with E-state index in [0.29, 0.717) is 26.2 Å². The van der Waals surface area contributed by atoms with E-state index in [2.05, 4.69) is 0 Å². The summed E-state index contributed by atoms with van der Waals surface area (Å²) in [7, 11) is -3.24. The topological polar surface area (TPSA) is 71.3 Å². The number of carbonyl (C=O) groups is 1. The maximum atomic E-state index is 12.1. The SMILES string of the molecule is O=C1CCCN1CP(=O)(O)C[NH+]1CCOCC1. The zero-order chi connectivity index (χ0) is 12.3. The van der Waals surface area contributed by atoms with Gasteiger partial charge in [-0.15, -0.1) is 0 Å². The van der Waals surface area contributed by atoms with Crippen LogP contribution in [0.25, 0.3) is 0 Å². The van der Waals surface area contributed by atoms with Gasteiger partial charge in [0, 0.05) is 13.0 Å². The highest BCUT2D eigenvalue weighted by Gasteiger charge is 2.32. The molecule has 1 unspecified atom stereocenters. The normalized spacial score (nSPS) is 26.2. The summed E-state index contributed by atoms with van der Waals surface area (Å²) < 4.78 is 17.3. The van der Waals surface area contributed by atoms with Gasteiger partial charge in [-0.2, -0.15) is 0 Å². The minimum atomic E-state index is -3.24. The van der Waals surface area contributed by atoms with Gasteiger partial charge in [-0.25, -0.2) is 0 Å². The van der Waals surface area contributed by atoms with Gasteiger partial charge in [0.2, 0.25) is 5.91 Å². The van der Waals surface area contributed by atoms with Gasteiger partial charge in [0.25, 0.3) is 7.37 Å². The number of quaternary nitrogens is 1.